The highest BCUT2D eigenvalue weighted by atomic mass is 35.5. The van der Waals surface area contributed by atoms with Crippen molar-refractivity contribution >= 4 is 23.1 Å². The number of hydrogen-bond acceptors (Lipinski definition) is 2. The van der Waals surface area contributed by atoms with Crippen molar-refractivity contribution in [2.24, 2.45) is 0 Å². The molecule has 1 aliphatic heterocycles. The average molecular weight is 304 g/mol. The third kappa shape index (κ3) is 2.66. The van der Waals surface area contributed by atoms with Crippen LogP contribution in [0.1, 0.15) is 28.4 Å². The van der Waals surface area contributed by atoms with Crippen molar-refractivity contribution in [3.63, 3.8) is 0 Å². The van der Waals surface area contributed by atoms with Crippen LogP contribution in [0.5, 0.6) is 0 Å². The second-order valence-electron chi connectivity index (χ2n) is 5.27. The molecule has 0 fully saturated rings. The zero-order chi connectivity index (χ0) is 15.0. The molecular weight excluding hydrogens is 289 g/mol. The van der Waals surface area contributed by atoms with Crippen LogP contribution >= 0.6 is 11.6 Å². The van der Waals surface area contributed by atoms with Gasteiger partial charge in [0.15, 0.2) is 5.78 Å². The molecule has 0 radical (unpaired) electrons. The van der Waals surface area contributed by atoms with Gasteiger partial charge in [-0.15, -0.1) is 0 Å². The minimum absolute atomic E-state index is 0.0633. The fourth-order valence-electron chi connectivity index (χ4n) is 2.73. The SMILES string of the molecule is CC(=O)c1ccc2c(c1)CCN2Cc1c(F)cccc1Cl. The maximum Gasteiger partial charge on any atom is 0.159 e. The van der Waals surface area contributed by atoms with Crippen LogP contribution in [0, 0.1) is 5.82 Å². The largest absolute Gasteiger partial charge is 0.366 e. The van der Waals surface area contributed by atoms with Crippen molar-refractivity contribution < 1.29 is 9.18 Å². The van der Waals surface area contributed by atoms with Gasteiger partial charge >= 0.3 is 0 Å². The van der Waals surface area contributed by atoms with E-state index < -0.39 is 0 Å². The highest BCUT2D eigenvalue weighted by Gasteiger charge is 2.21. The van der Waals surface area contributed by atoms with Gasteiger partial charge in [-0.3, -0.25) is 4.79 Å². The third-order valence-electron chi connectivity index (χ3n) is 3.89. The summed E-state index contributed by atoms with van der Waals surface area (Å²) in [5.74, 6) is -0.218. The Balaban J connectivity index is 1.90. The zero-order valence-corrected chi connectivity index (χ0v) is 12.5. The molecule has 3 rings (SSSR count). The normalized spacial score (nSPS) is 13.4. The molecule has 0 amide bonds. The molecule has 0 aliphatic carbocycles. The molecule has 0 spiro atoms. The standard InChI is InChI=1S/C17H15ClFNO/c1-11(21)12-5-6-17-13(9-12)7-8-20(17)10-14-15(18)3-2-4-16(14)19/h2-6,9H,7-8,10H2,1H3. The summed E-state index contributed by atoms with van der Waals surface area (Å²) in [5, 5.41) is 0.448. The van der Waals surface area contributed by atoms with Crippen LogP contribution in [0.2, 0.25) is 5.02 Å². The van der Waals surface area contributed by atoms with Crippen LogP contribution in [0.4, 0.5) is 10.1 Å². The maximum absolute atomic E-state index is 13.9. The molecule has 2 aromatic carbocycles. The molecule has 21 heavy (non-hydrogen) atoms. The highest BCUT2D eigenvalue weighted by Crippen LogP contribution is 2.32. The Morgan fingerprint density at radius 2 is 2.14 bits per heavy atom. The Hall–Kier alpha value is -1.87. The zero-order valence-electron chi connectivity index (χ0n) is 11.7. The molecule has 0 saturated carbocycles. The number of rotatable bonds is 3. The summed E-state index contributed by atoms with van der Waals surface area (Å²) in [5.41, 5.74) is 3.43. The molecular formula is C17H15ClFNO. The van der Waals surface area contributed by atoms with E-state index >= 15 is 0 Å². The molecule has 0 atom stereocenters. The summed E-state index contributed by atoms with van der Waals surface area (Å²) in [6.07, 6.45) is 0.864. The Morgan fingerprint density at radius 1 is 1.33 bits per heavy atom. The number of halogens is 2. The Morgan fingerprint density at radius 3 is 2.86 bits per heavy atom. The number of Topliss-reactive ketones (excluding diaryl/α,β-unsaturated/α-hetero) is 1. The Labute approximate surface area is 128 Å². The number of carbonyl (C=O) groups is 1. The van der Waals surface area contributed by atoms with E-state index in [9.17, 15) is 9.18 Å². The Bertz CT molecular complexity index is 694. The number of carbonyl (C=O) groups excluding carboxylic acids is 1. The van der Waals surface area contributed by atoms with Gasteiger partial charge in [-0.2, -0.15) is 0 Å². The molecule has 108 valence electrons. The lowest BCUT2D eigenvalue weighted by Gasteiger charge is -2.20. The van der Waals surface area contributed by atoms with E-state index in [1.54, 1.807) is 19.1 Å². The number of nitrogens with zero attached hydrogens (tertiary/aromatic N) is 1. The lowest BCUT2D eigenvalue weighted by molar-refractivity contribution is 0.101. The molecule has 2 aromatic rings. The minimum atomic E-state index is -0.281. The van der Waals surface area contributed by atoms with E-state index in [4.69, 9.17) is 11.6 Å². The topological polar surface area (TPSA) is 20.3 Å². The van der Waals surface area contributed by atoms with Gasteiger partial charge < -0.3 is 4.90 Å². The summed E-state index contributed by atoms with van der Waals surface area (Å²) in [6, 6.07) is 10.4. The molecule has 0 unspecified atom stereocenters. The summed E-state index contributed by atoms with van der Waals surface area (Å²) in [7, 11) is 0. The van der Waals surface area contributed by atoms with Crippen molar-refractivity contribution in [1.29, 1.82) is 0 Å². The monoisotopic (exact) mass is 303 g/mol. The smallest absolute Gasteiger partial charge is 0.159 e. The van der Waals surface area contributed by atoms with Crippen molar-refractivity contribution in [2.75, 3.05) is 11.4 Å². The molecule has 1 aliphatic rings. The average Bonchev–Trinajstić information content (AvgIpc) is 2.85. The second kappa shape index (κ2) is 5.49. The fraction of sp³-hybridized carbons (Fsp3) is 0.235. The molecule has 0 aromatic heterocycles. The van der Waals surface area contributed by atoms with Crippen molar-refractivity contribution in [2.45, 2.75) is 19.9 Å². The second-order valence-corrected chi connectivity index (χ2v) is 5.68. The van der Waals surface area contributed by atoms with Crippen LogP contribution in [-0.4, -0.2) is 12.3 Å². The summed E-state index contributed by atoms with van der Waals surface area (Å²) >= 11 is 6.09. The van der Waals surface area contributed by atoms with Crippen molar-refractivity contribution in [3.8, 4) is 0 Å². The van der Waals surface area contributed by atoms with E-state index in [2.05, 4.69) is 4.90 Å². The summed E-state index contributed by atoms with van der Waals surface area (Å²) in [4.78, 5) is 13.5. The highest BCUT2D eigenvalue weighted by molar-refractivity contribution is 6.31. The van der Waals surface area contributed by atoms with Crippen LogP contribution in [0.3, 0.4) is 0 Å². The van der Waals surface area contributed by atoms with Gasteiger partial charge in [0.05, 0.1) is 0 Å². The van der Waals surface area contributed by atoms with Crippen LogP contribution < -0.4 is 4.90 Å². The van der Waals surface area contributed by atoms with E-state index in [1.807, 2.05) is 18.2 Å². The number of benzene rings is 2. The van der Waals surface area contributed by atoms with E-state index in [1.165, 1.54) is 6.07 Å². The van der Waals surface area contributed by atoms with Gasteiger partial charge in [-0.05, 0) is 49.2 Å². The predicted octanol–water partition coefficient (Wildman–Crippen LogP) is 4.24. The van der Waals surface area contributed by atoms with Crippen LogP contribution in [-0.2, 0) is 13.0 Å². The quantitative estimate of drug-likeness (QED) is 0.790. The van der Waals surface area contributed by atoms with Crippen molar-refractivity contribution in [3.05, 3.63) is 63.9 Å². The number of anilines is 1. The first kappa shape index (κ1) is 14.1. The molecule has 2 nitrogen and oxygen atoms in total. The van der Waals surface area contributed by atoms with Gasteiger partial charge in [0.2, 0.25) is 0 Å². The first-order valence-corrected chi connectivity index (χ1v) is 7.26. The van der Waals surface area contributed by atoms with Gasteiger partial charge in [0, 0.05) is 34.9 Å². The minimum Gasteiger partial charge on any atom is -0.366 e. The van der Waals surface area contributed by atoms with Gasteiger partial charge in [-0.1, -0.05) is 17.7 Å². The molecule has 1 heterocycles. The predicted molar refractivity (Wildman–Crippen MR) is 82.6 cm³/mol. The van der Waals surface area contributed by atoms with E-state index in [0.717, 1.165) is 29.8 Å². The molecule has 0 bridgehead atoms. The third-order valence-corrected chi connectivity index (χ3v) is 4.24. The first-order chi connectivity index (χ1) is 10.1. The first-order valence-electron chi connectivity index (χ1n) is 6.88. The molecule has 0 N–H and O–H groups in total. The maximum atomic E-state index is 13.9. The number of hydrogen-bond donors (Lipinski definition) is 0. The fourth-order valence-corrected chi connectivity index (χ4v) is 2.95. The van der Waals surface area contributed by atoms with Crippen molar-refractivity contribution in [1.82, 2.24) is 0 Å². The lowest BCUT2D eigenvalue weighted by atomic mass is 10.1. The molecule has 0 saturated heterocycles. The summed E-state index contributed by atoms with van der Waals surface area (Å²) < 4.78 is 13.9. The van der Waals surface area contributed by atoms with E-state index in [-0.39, 0.29) is 11.6 Å². The van der Waals surface area contributed by atoms with Gasteiger partial charge in [0.1, 0.15) is 5.82 Å². The molecule has 4 heteroatoms. The summed E-state index contributed by atoms with van der Waals surface area (Å²) in [6.45, 7) is 2.81. The number of ketones is 1. The number of fused-ring (bicyclic) bond motifs is 1. The van der Waals surface area contributed by atoms with Crippen LogP contribution in [0.25, 0.3) is 0 Å². The van der Waals surface area contributed by atoms with Gasteiger partial charge in [-0.25, -0.2) is 4.39 Å². The van der Waals surface area contributed by atoms with Gasteiger partial charge in [0.25, 0.3) is 0 Å². The lowest BCUT2D eigenvalue weighted by Crippen LogP contribution is -2.20. The van der Waals surface area contributed by atoms with Crippen LogP contribution in [0.15, 0.2) is 36.4 Å². The van der Waals surface area contributed by atoms with E-state index in [0.29, 0.717) is 17.1 Å². The Kier molecular flexibility index (Phi) is 3.68.